The van der Waals surface area contributed by atoms with E-state index in [9.17, 15) is 14.4 Å². The molecule has 0 spiro atoms. The fourth-order valence-corrected chi connectivity index (χ4v) is 3.25. The highest BCUT2D eigenvalue weighted by atomic mass is 31.2. The second-order valence-electron chi connectivity index (χ2n) is 4.42. The summed E-state index contributed by atoms with van der Waals surface area (Å²) in [6.45, 7) is 3.87. The van der Waals surface area contributed by atoms with E-state index in [4.69, 9.17) is 0 Å². The molecule has 17 heavy (non-hydrogen) atoms. The molecule has 0 bridgehead atoms. The highest BCUT2D eigenvalue weighted by Crippen LogP contribution is 2.39. The summed E-state index contributed by atoms with van der Waals surface area (Å²) in [5.41, 5.74) is 0.719. The second-order valence-corrected chi connectivity index (χ2v) is 5.96. The highest BCUT2D eigenvalue weighted by molar-refractivity contribution is 7.61. The average molecular weight is 250 g/mol. The Morgan fingerprint density at radius 1 is 1.06 bits per heavy atom. The van der Waals surface area contributed by atoms with Crippen molar-refractivity contribution in [3.05, 3.63) is 42.0 Å². The summed E-state index contributed by atoms with van der Waals surface area (Å²) in [6.07, 6.45) is 0. The predicted octanol–water partition coefficient (Wildman–Crippen LogP) is 2.77. The maximum Gasteiger partial charge on any atom is 0.357 e. The van der Waals surface area contributed by atoms with E-state index in [-0.39, 0.29) is 11.2 Å². The monoisotopic (exact) mass is 250 g/mol. The summed E-state index contributed by atoms with van der Waals surface area (Å²) in [6, 6.07) is 11.0. The van der Waals surface area contributed by atoms with Crippen LogP contribution >= 0.6 is 7.60 Å². The zero-order valence-electron chi connectivity index (χ0n) is 9.79. The molecule has 90 valence electrons. The van der Waals surface area contributed by atoms with E-state index in [1.54, 1.807) is 18.2 Å². The van der Waals surface area contributed by atoms with Crippen LogP contribution in [0, 0.1) is 0 Å². The van der Waals surface area contributed by atoms with Crippen LogP contribution in [0.5, 0.6) is 0 Å². The van der Waals surface area contributed by atoms with E-state index in [1.807, 2.05) is 32.0 Å². The minimum atomic E-state index is -4.26. The molecular formula is C13H15O3P. The second kappa shape index (κ2) is 4.26. The molecule has 0 aliphatic heterocycles. The van der Waals surface area contributed by atoms with Gasteiger partial charge in [0, 0.05) is 0 Å². The van der Waals surface area contributed by atoms with Crippen molar-refractivity contribution >= 4 is 23.7 Å². The molecule has 0 aliphatic rings. The Kier molecular flexibility index (Phi) is 3.09. The Hall–Kier alpha value is -1.15. The Morgan fingerprint density at radius 2 is 1.71 bits per heavy atom. The normalized spacial score (nSPS) is 12.3. The average Bonchev–Trinajstić information content (AvgIpc) is 2.26. The summed E-state index contributed by atoms with van der Waals surface area (Å²) < 4.78 is 11.7. The number of fused-ring (bicyclic) bond motifs is 1. The van der Waals surface area contributed by atoms with Crippen LogP contribution in [0.4, 0.5) is 0 Å². The van der Waals surface area contributed by atoms with Gasteiger partial charge < -0.3 is 9.79 Å². The first-order chi connectivity index (χ1) is 7.91. The van der Waals surface area contributed by atoms with Crippen LogP contribution in [0.15, 0.2) is 36.4 Å². The number of benzene rings is 2. The van der Waals surface area contributed by atoms with Gasteiger partial charge in [-0.3, -0.25) is 4.57 Å². The van der Waals surface area contributed by atoms with E-state index in [0.717, 1.165) is 10.9 Å². The van der Waals surface area contributed by atoms with Gasteiger partial charge in [-0.2, -0.15) is 0 Å². The highest BCUT2D eigenvalue weighted by Gasteiger charge is 2.25. The van der Waals surface area contributed by atoms with Gasteiger partial charge >= 0.3 is 7.60 Å². The van der Waals surface area contributed by atoms with Crippen LogP contribution in [0.3, 0.4) is 0 Å². The maximum absolute atomic E-state index is 11.7. The first-order valence-electron chi connectivity index (χ1n) is 5.49. The molecule has 3 nitrogen and oxygen atoms in total. The third kappa shape index (κ3) is 2.27. The number of rotatable bonds is 2. The zero-order valence-corrected chi connectivity index (χ0v) is 10.7. The number of hydrogen-bond acceptors (Lipinski definition) is 1. The molecule has 2 N–H and O–H groups in total. The molecule has 2 aromatic rings. The van der Waals surface area contributed by atoms with Gasteiger partial charge in [-0.05, 0) is 22.3 Å². The lowest BCUT2D eigenvalue weighted by Gasteiger charge is -2.16. The van der Waals surface area contributed by atoms with E-state index in [1.165, 1.54) is 0 Å². The molecule has 2 rings (SSSR count). The lowest BCUT2D eigenvalue weighted by Crippen LogP contribution is -2.13. The van der Waals surface area contributed by atoms with Crippen LogP contribution in [0.2, 0.25) is 0 Å². The molecule has 0 radical (unpaired) electrons. The summed E-state index contributed by atoms with van der Waals surface area (Å²) in [4.78, 5) is 19.1. The Morgan fingerprint density at radius 3 is 2.29 bits per heavy atom. The smallest absolute Gasteiger partial charge is 0.321 e. The molecule has 0 aromatic heterocycles. The van der Waals surface area contributed by atoms with Crippen molar-refractivity contribution in [2.75, 3.05) is 0 Å². The third-order valence-electron chi connectivity index (χ3n) is 2.85. The fraction of sp³-hybridized carbons (Fsp3) is 0.231. The minimum Gasteiger partial charge on any atom is -0.321 e. The van der Waals surface area contributed by atoms with Crippen molar-refractivity contribution in [2.45, 2.75) is 19.8 Å². The van der Waals surface area contributed by atoms with Crippen molar-refractivity contribution in [3.63, 3.8) is 0 Å². The van der Waals surface area contributed by atoms with Gasteiger partial charge in [0.15, 0.2) is 0 Å². The predicted molar refractivity (Wildman–Crippen MR) is 69.7 cm³/mol. The lowest BCUT2D eigenvalue weighted by atomic mass is 9.99. The van der Waals surface area contributed by atoms with Gasteiger partial charge in [0.1, 0.15) is 0 Å². The fourth-order valence-electron chi connectivity index (χ4n) is 2.06. The third-order valence-corrected chi connectivity index (χ3v) is 3.93. The SMILES string of the molecule is CC(C)c1ccc2ccccc2c1P(=O)(O)O. The van der Waals surface area contributed by atoms with E-state index >= 15 is 0 Å². The molecule has 2 aromatic carbocycles. The van der Waals surface area contributed by atoms with Crippen LogP contribution in [-0.4, -0.2) is 9.79 Å². The molecule has 0 heterocycles. The summed E-state index contributed by atoms with van der Waals surface area (Å²) in [5.74, 6) is 0.0854. The molecule has 0 fully saturated rings. The molecule has 0 atom stereocenters. The first kappa shape index (κ1) is 12.3. The number of hydrogen-bond donors (Lipinski definition) is 2. The van der Waals surface area contributed by atoms with Crippen LogP contribution < -0.4 is 5.30 Å². The zero-order chi connectivity index (χ0) is 12.6. The summed E-state index contributed by atoms with van der Waals surface area (Å²) in [7, 11) is -4.26. The molecule has 0 saturated heterocycles. The summed E-state index contributed by atoms with van der Waals surface area (Å²) in [5, 5.41) is 1.67. The molecule has 4 heteroatoms. The van der Waals surface area contributed by atoms with Crippen molar-refractivity contribution in [1.82, 2.24) is 0 Å². The summed E-state index contributed by atoms with van der Waals surface area (Å²) >= 11 is 0. The van der Waals surface area contributed by atoms with Crippen molar-refractivity contribution in [2.24, 2.45) is 0 Å². The first-order valence-corrected chi connectivity index (χ1v) is 7.10. The standard InChI is InChI=1S/C13H15O3P/c1-9(2)11-8-7-10-5-3-4-6-12(10)13(11)17(14,15)16/h3-9H,1-2H3,(H2,14,15,16). The van der Waals surface area contributed by atoms with E-state index < -0.39 is 7.60 Å². The molecule has 0 amide bonds. The van der Waals surface area contributed by atoms with Gasteiger partial charge in [0.25, 0.3) is 0 Å². The molecular weight excluding hydrogens is 235 g/mol. The van der Waals surface area contributed by atoms with Gasteiger partial charge in [-0.25, -0.2) is 0 Å². The topological polar surface area (TPSA) is 57.5 Å². The Balaban J connectivity index is 2.90. The minimum absolute atomic E-state index is 0.0854. The van der Waals surface area contributed by atoms with E-state index in [0.29, 0.717) is 5.39 Å². The van der Waals surface area contributed by atoms with E-state index in [2.05, 4.69) is 0 Å². The van der Waals surface area contributed by atoms with Crippen LogP contribution in [0.25, 0.3) is 10.8 Å². The van der Waals surface area contributed by atoms with Crippen LogP contribution in [0.1, 0.15) is 25.3 Å². The lowest BCUT2D eigenvalue weighted by molar-refractivity contribution is 0.387. The molecule has 0 aliphatic carbocycles. The Labute approximate surface area is 100 Å². The van der Waals surface area contributed by atoms with Gasteiger partial charge in [0.2, 0.25) is 0 Å². The van der Waals surface area contributed by atoms with Gasteiger partial charge in [-0.15, -0.1) is 0 Å². The largest absolute Gasteiger partial charge is 0.357 e. The van der Waals surface area contributed by atoms with Crippen LogP contribution in [-0.2, 0) is 4.57 Å². The molecule has 0 saturated carbocycles. The maximum atomic E-state index is 11.7. The van der Waals surface area contributed by atoms with Gasteiger partial charge in [0.05, 0.1) is 5.30 Å². The van der Waals surface area contributed by atoms with Crippen molar-refractivity contribution in [1.29, 1.82) is 0 Å². The molecule has 0 unspecified atom stereocenters. The van der Waals surface area contributed by atoms with Crippen molar-refractivity contribution in [3.8, 4) is 0 Å². The Bertz CT molecular complexity index is 599. The van der Waals surface area contributed by atoms with Gasteiger partial charge in [-0.1, -0.05) is 50.2 Å². The van der Waals surface area contributed by atoms with Crippen molar-refractivity contribution < 1.29 is 14.4 Å². The quantitative estimate of drug-likeness (QED) is 0.806.